The Balaban J connectivity index is 1.69. The highest BCUT2D eigenvalue weighted by Gasteiger charge is 2.49. The second-order valence-electron chi connectivity index (χ2n) is 9.53. The molecule has 0 bridgehead atoms. The molecule has 14 nitrogen and oxygen atoms in total. The smallest absolute Gasteiger partial charge is 0.436 e. The predicted molar refractivity (Wildman–Crippen MR) is 135 cm³/mol. The van der Waals surface area contributed by atoms with Gasteiger partial charge in [-0.1, -0.05) is 30.3 Å². The fraction of sp³-hybridized carbons (Fsp3) is 0.520. The van der Waals surface area contributed by atoms with Gasteiger partial charge in [-0.2, -0.15) is 0 Å². The lowest BCUT2D eigenvalue weighted by Crippen LogP contribution is -2.58. The van der Waals surface area contributed by atoms with E-state index in [2.05, 4.69) is 10.3 Å². The number of carboxylic acids is 2. The molecule has 2 heterocycles. The molecule has 7 N–H and O–H groups in total. The van der Waals surface area contributed by atoms with Crippen molar-refractivity contribution in [1.82, 2.24) is 10.2 Å². The summed E-state index contributed by atoms with van der Waals surface area (Å²) in [4.78, 5) is 65.4. The van der Waals surface area contributed by atoms with Crippen molar-refractivity contribution in [3.63, 3.8) is 0 Å². The molecule has 1 aromatic carbocycles. The maximum atomic E-state index is 13.3. The summed E-state index contributed by atoms with van der Waals surface area (Å²) in [5.74, 6) is -4.77. The molecule has 3 amide bonds. The first-order valence-corrected chi connectivity index (χ1v) is 12.5. The lowest BCUT2D eigenvalue weighted by Gasteiger charge is -2.41. The number of carbonyl (C=O) groups is 5. The van der Waals surface area contributed by atoms with E-state index in [1.807, 2.05) is 30.3 Å². The molecule has 0 aromatic heterocycles. The summed E-state index contributed by atoms with van der Waals surface area (Å²) in [7, 11) is 0. The number of nitrogens with zero attached hydrogens (tertiary/aromatic N) is 2. The Morgan fingerprint density at radius 1 is 1.10 bits per heavy atom. The number of rotatable bonds is 12. The number of nitrogens with two attached hydrogens (primary N) is 2. The molecule has 2 aliphatic heterocycles. The van der Waals surface area contributed by atoms with Gasteiger partial charge in [-0.15, -0.1) is 4.99 Å². The number of benzene rings is 1. The van der Waals surface area contributed by atoms with Gasteiger partial charge in [0.05, 0.1) is 25.7 Å². The zero-order valence-corrected chi connectivity index (χ0v) is 21.2. The Hall–Kier alpha value is -4.20. The van der Waals surface area contributed by atoms with Crippen molar-refractivity contribution in [3.8, 4) is 0 Å². The Morgan fingerprint density at radius 2 is 1.82 bits per heavy atom. The van der Waals surface area contributed by atoms with E-state index in [0.717, 1.165) is 5.56 Å². The van der Waals surface area contributed by atoms with Crippen molar-refractivity contribution in [2.45, 2.75) is 69.4 Å². The first-order valence-electron chi connectivity index (χ1n) is 12.5. The number of carboxylic acid groups (broad SMARTS) is 2. The van der Waals surface area contributed by atoms with Crippen molar-refractivity contribution in [3.05, 3.63) is 35.9 Å². The van der Waals surface area contributed by atoms with Gasteiger partial charge in [0.15, 0.2) is 5.96 Å². The van der Waals surface area contributed by atoms with E-state index in [-0.39, 0.29) is 25.0 Å². The van der Waals surface area contributed by atoms with Crippen molar-refractivity contribution >= 4 is 35.8 Å². The number of aliphatic imine (C=N–C) groups is 1. The van der Waals surface area contributed by atoms with Crippen LogP contribution in [0.2, 0.25) is 0 Å². The number of guanidine groups is 1. The summed E-state index contributed by atoms with van der Waals surface area (Å²) in [5, 5.41) is 20.7. The van der Waals surface area contributed by atoms with Crippen LogP contribution in [0.25, 0.3) is 0 Å². The Bertz CT molecular complexity index is 1090. The quantitative estimate of drug-likeness (QED) is 0.135. The number of aliphatic carboxylic acids is 2. The summed E-state index contributed by atoms with van der Waals surface area (Å²) in [6, 6.07) is 6.42. The third-order valence-electron chi connectivity index (χ3n) is 6.68. The number of ether oxygens (including phenoxy) is 2. The van der Waals surface area contributed by atoms with E-state index in [1.165, 1.54) is 4.90 Å². The highest BCUT2D eigenvalue weighted by atomic mass is 16.5. The zero-order chi connectivity index (χ0) is 28.5. The van der Waals surface area contributed by atoms with Crippen LogP contribution < -0.4 is 16.8 Å². The number of piperidine rings is 1. The van der Waals surface area contributed by atoms with E-state index in [4.69, 9.17) is 26.0 Å². The molecule has 0 saturated carbocycles. The van der Waals surface area contributed by atoms with Gasteiger partial charge >= 0.3 is 18.0 Å². The first kappa shape index (κ1) is 29.4. The lowest BCUT2D eigenvalue weighted by molar-refractivity contribution is -0.151. The third-order valence-corrected chi connectivity index (χ3v) is 6.68. The van der Waals surface area contributed by atoms with Gasteiger partial charge in [0.25, 0.3) is 0 Å². The van der Waals surface area contributed by atoms with Crippen LogP contribution in [-0.2, 0) is 35.3 Å². The standard InChI is InChI=1S/C25H33N5O9/c26-24(27)29-25(37)38-8-4-7-15-9-16-10-17(39-13-14-5-2-1-3-6-14)11-19(30(16)22(15)34)21(33)28-18(23(35)36)12-20(31)32/h1-3,5-6,15-19H,4,7-13H2,(H,28,33)(H,31,32)(H,35,36)(H4,26,27,29,37)/t15?,16?,17?,18-,19?/m0/s1. The molecule has 14 heteroatoms. The average molecular weight is 548 g/mol. The van der Waals surface area contributed by atoms with Crippen molar-refractivity contribution < 1.29 is 43.7 Å². The molecule has 5 atom stereocenters. The normalized spacial score (nSPS) is 22.9. The predicted octanol–water partition coefficient (Wildman–Crippen LogP) is 0.186. The molecule has 0 spiro atoms. The minimum atomic E-state index is -1.65. The van der Waals surface area contributed by atoms with Gasteiger partial charge in [0, 0.05) is 18.4 Å². The molecular weight excluding hydrogens is 514 g/mol. The minimum Gasteiger partial charge on any atom is -0.481 e. The van der Waals surface area contributed by atoms with Crippen LogP contribution >= 0.6 is 0 Å². The number of carbonyl (C=O) groups excluding carboxylic acids is 3. The van der Waals surface area contributed by atoms with Crippen LogP contribution in [0.1, 0.15) is 44.1 Å². The van der Waals surface area contributed by atoms with Crippen LogP contribution in [0, 0.1) is 5.92 Å². The summed E-state index contributed by atoms with van der Waals surface area (Å²) >= 11 is 0. The summed E-state index contributed by atoms with van der Waals surface area (Å²) in [6.07, 6.45) is -0.354. The topological polar surface area (TPSA) is 224 Å². The van der Waals surface area contributed by atoms with E-state index in [9.17, 15) is 29.1 Å². The fourth-order valence-electron chi connectivity index (χ4n) is 4.98. The van der Waals surface area contributed by atoms with Crippen LogP contribution in [-0.4, -0.2) is 81.8 Å². The molecule has 4 unspecified atom stereocenters. The second kappa shape index (κ2) is 13.6. The van der Waals surface area contributed by atoms with Crippen LogP contribution in [0.3, 0.4) is 0 Å². The van der Waals surface area contributed by atoms with Gasteiger partial charge in [-0.25, -0.2) is 9.59 Å². The second-order valence-corrected chi connectivity index (χ2v) is 9.53. The van der Waals surface area contributed by atoms with Gasteiger partial charge in [0.2, 0.25) is 11.8 Å². The van der Waals surface area contributed by atoms with E-state index in [0.29, 0.717) is 32.3 Å². The monoisotopic (exact) mass is 547 g/mol. The Labute approximate surface area is 224 Å². The average Bonchev–Trinajstić information content (AvgIpc) is 3.19. The van der Waals surface area contributed by atoms with Crippen molar-refractivity contribution in [1.29, 1.82) is 0 Å². The number of hydrogen-bond acceptors (Lipinski definition) is 7. The van der Waals surface area contributed by atoms with Gasteiger partial charge < -0.3 is 41.4 Å². The molecule has 2 aliphatic rings. The lowest BCUT2D eigenvalue weighted by atomic mass is 9.91. The Kier molecular flexibility index (Phi) is 10.2. The van der Waals surface area contributed by atoms with Crippen LogP contribution in [0.4, 0.5) is 4.79 Å². The van der Waals surface area contributed by atoms with Gasteiger partial charge in [-0.05, 0) is 31.2 Å². The maximum Gasteiger partial charge on any atom is 0.436 e. The third kappa shape index (κ3) is 8.40. The molecule has 212 valence electrons. The molecule has 2 fully saturated rings. The number of fused-ring (bicyclic) bond motifs is 1. The van der Waals surface area contributed by atoms with E-state index in [1.54, 1.807) is 0 Å². The molecular formula is C25H33N5O9. The summed E-state index contributed by atoms with van der Waals surface area (Å²) in [6.45, 7) is 0.286. The van der Waals surface area contributed by atoms with Crippen molar-refractivity contribution in [2.75, 3.05) is 6.61 Å². The minimum absolute atomic E-state index is 0.00767. The van der Waals surface area contributed by atoms with Crippen LogP contribution in [0.15, 0.2) is 35.3 Å². The van der Waals surface area contributed by atoms with E-state index < -0.39 is 60.4 Å². The molecule has 39 heavy (non-hydrogen) atoms. The highest BCUT2D eigenvalue weighted by molar-refractivity contribution is 5.93. The Morgan fingerprint density at radius 3 is 2.46 bits per heavy atom. The summed E-state index contributed by atoms with van der Waals surface area (Å²) in [5.41, 5.74) is 11.2. The largest absolute Gasteiger partial charge is 0.481 e. The summed E-state index contributed by atoms with van der Waals surface area (Å²) < 4.78 is 11.0. The molecule has 3 rings (SSSR count). The SMILES string of the molecule is NC(N)=NC(=O)OCCCC1CC2CC(OCc3ccccc3)CC(C(=O)N[C@@H](CC(=O)O)C(=O)O)N2C1=O. The number of amides is 3. The zero-order valence-electron chi connectivity index (χ0n) is 21.2. The maximum absolute atomic E-state index is 13.3. The number of hydrogen-bond donors (Lipinski definition) is 5. The molecule has 0 radical (unpaired) electrons. The van der Waals surface area contributed by atoms with Gasteiger partial charge in [-0.3, -0.25) is 14.4 Å². The molecule has 0 aliphatic carbocycles. The number of nitrogens with one attached hydrogen (secondary N) is 1. The molecule has 1 aromatic rings. The van der Waals surface area contributed by atoms with Crippen molar-refractivity contribution in [2.24, 2.45) is 22.4 Å². The van der Waals surface area contributed by atoms with E-state index >= 15 is 0 Å². The van der Waals surface area contributed by atoms with Crippen LogP contribution in [0.5, 0.6) is 0 Å². The van der Waals surface area contributed by atoms with Gasteiger partial charge in [0.1, 0.15) is 12.1 Å². The fourth-order valence-corrected chi connectivity index (χ4v) is 4.98. The molecule has 2 saturated heterocycles. The highest BCUT2D eigenvalue weighted by Crippen LogP contribution is 2.38. The first-order chi connectivity index (χ1) is 18.5.